The van der Waals surface area contributed by atoms with Crippen molar-refractivity contribution in [2.75, 3.05) is 6.61 Å². The number of aromatic nitrogens is 2. The highest BCUT2D eigenvalue weighted by molar-refractivity contribution is 6.76. The SMILES string of the molecule is C[Si](C)(C)CCOCn1cc(C#N)nc1-c1ccc(F)cc1. The van der Waals surface area contributed by atoms with Crippen LogP contribution in [0.15, 0.2) is 30.5 Å². The van der Waals surface area contributed by atoms with Gasteiger partial charge in [-0.2, -0.15) is 5.26 Å². The predicted octanol–water partition coefficient (Wildman–Crippen LogP) is 3.87. The van der Waals surface area contributed by atoms with Crippen LogP contribution in [0, 0.1) is 17.1 Å². The van der Waals surface area contributed by atoms with Gasteiger partial charge >= 0.3 is 0 Å². The van der Waals surface area contributed by atoms with Crippen molar-refractivity contribution in [3.63, 3.8) is 0 Å². The van der Waals surface area contributed by atoms with Crippen molar-refractivity contribution in [1.82, 2.24) is 9.55 Å². The molecule has 1 heterocycles. The highest BCUT2D eigenvalue weighted by atomic mass is 28.3. The number of hydrogen-bond acceptors (Lipinski definition) is 3. The summed E-state index contributed by atoms with van der Waals surface area (Å²) in [5, 5.41) is 9.02. The lowest BCUT2D eigenvalue weighted by atomic mass is 10.2. The molecule has 0 N–H and O–H groups in total. The third kappa shape index (κ3) is 4.51. The Hall–Kier alpha value is -1.97. The summed E-state index contributed by atoms with van der Waals surface area (Å²) < 4.78 is 20.5. The number of nitriles is 1. The molecule has 0 unspecified atom stereocenters. The van der Waals surface area contributed by atoms with Gasteiger partial charge in [0.15, 0.2) is 5.69 Å². The summed E-state index contributed by atoms with van der Waals surface area (Å²) in [6, 6.07) is 9.17. The molecule has 4 nitrogen and oxygen atoms in total. The fourth-order valence-corrected chi connectivity index (χ4v) is 2.70. The van der Waals surface area contributed by atoms with Crippen LogP contribution >= 0.6 is 0 Å². The van der Waals surface area contributed by atoms with E-state index in [1.54, 1.807) is 22.9 Å². The smallest absolute Gasteiger partial charge is 0.159 e. The molecule has 1 aromatic carbocycles. The first-order valence-electron chi connectivity index (χ1n) is 7.20. The van der Waals surface area contributed by atoms with Crippen LogP contribution in [0.4, 0.5) is 4.39 Å². The molecule has 22 heavy (non-hydrogen) atoms. The second kappa shape index (κ2) is 6.86. The van der Waals surface area contributed by atoms with Gasteiger partial charge in [0.2, 0.25) is 0 Å². The first-order valence-corrected chi connectivity index (χ1v) is 10.9. The van der Waals surface area contributed by atoms with Gasteiger partial charge in [-0.3, -0.25) is 0 Å². The van der Waals surface area contributed by atoms with E-state index < -0.39 is 8.07 Å². The quantitative estimate of drug-likeness (QED) is 0.600. The summed E-state index contributed by atoms with van der Waals surface area (Å²) in [7, 11) is -1.12. The van der Waals surface area contributed by atoms with Gasteiger partial charge in [-0.25, -0.2) is 9.37 Å². The Morgan fingerprint density at radius 2 is 1.95 bits per heavy atom. The maximum atomic E-state index is 13.0. The molecule has 0 saturated carbocycles. The number of imidazole rings is 1. The summed E-state index contributed by atoms with van der Waals surface area (Å²) in [6.45, 7) is 7.92. The van der Waals surface area contributed by atoms with Crippen LogP contribution in [-0.2, 0) is 11.5 Å². The van der Waals surface area contributed by atoms with Gasteiger partial charge < -0.3 is 9.30 Å². The molecule has 0 saturated heterocycles. The van der Waals surface area contributed by atoms with Gasteiger partial charge in [0, 0.05) is 26.4 Å². The van der Waals surface area contributed by atoms with E-state index >= 15 is 0 Å². The van der Waals surface area contributed by atoms with E-state index in [0.717, 1.165) is 11.6 Å². The number of ether oxygens (including phenoxy) is 1. The van der Waals surface area contributed by atoms with Gasteiger partial charge in [0.25, 0.3) is 0 Å². The summed E-state index contributed by atoms with van der Waals surface area (Å²) in [5.41, 5.74) is 1.09. The molecule has 6 heteroatoms. The summed E-state index contributed by atoms with van der Waals surface area (Å²) in [6.07, 6.45) is 1.66. The Morgan fingerprint density at radius 3 is 2.55 bits per heavy atom. The maximum absolute atomic E-state index is 13.0. The van der Waals surface area contributed by atoms with Crippen LogP contribution < -0.4 is 0 Å². The van der Waals surface area contributed by atoms with Gasteiger partial charge in [0.1, 0.15) is 24.4 Å². The van der Waals surface area contributed by atoms with E-state index in [1.165, 1.54) is 12.1 Å². The lowest BCUT2D eigenvalue weighted by Gasteiger charge is -2.16. The topological polar surface area (TPSA) is 50.8 Å². The Balaban J connectivity index is 2.12. The largest absolute Gasteiger partial charge is 0.361 e. The molecule has 0 aliphatic heterocycles. The standard InChI is InChI=1S/C16H20FN3OSi/c1-22(2,3)9-8-21-12-20-11-15(10-18)19-16(20)13-4-6-14(17)7-5-13/h4-7,11H,8-9,12H2,1-3H3. The zero-order valence-corrected chi connectivity index (χ0v) is 14.1. The minimum atomic E-state index is -1.12. The third-order valence-corrected chi connectivity index (χ3v) is 4.92. The van der Waals surface area contributed by atoms with Crippen molar-refractivity contribution in [1.29, 1.82) is 5.26 Å². The van der Waals surface area contributed by atoms with E-state index in [1.807, 2.05) is 6.07 Å². The number of hydrogen-bond donors (Lipinski definition) is 0. The summed E-state index contributed by atoms with van der Waals surface area (Å²) >= 11 is 0. The van der Waals surface area contributed by atoms with Gasteiger partial charge in [-0.15, -0.1) is 0 Å². The average Bonchev–Trinajstić information content (AvgIpc) is 2.87. The second-order valence-electron chi connectivity index (χ2n) is 6.39. The zero-order valence-electron chi connectivity index (χ0n) is 13.1. The minimum absolute atomic E-state index is 0.297. The van der Waals surface area contributed by atoms with Crippen LogP contribution in [0.5, 0.6) is 0 Å². The normalized spacial score (nSPS) is 11.4. The van der Waals surface area contributed by atoms with Crippen LogP contribution in [-0.4, -0.2) is 24.2 Å². The van der Waals surface area contributed by atoms with Crippen molar-refractivity contribution in [3.05, 3.63) is 42.0 Å². The van der Waals surface area contributed by atoms with Crippen molar-refractivity contribution in [2.24, 2.45) is 0 Å². The third-order valence-electron chi connectivity index (χ3n) is 3.22. The molecule has 0 aliphatic rings. The molecule has 0 aliphatic carbocycles. The van der Waals surface area contributed by atoms with Crippen molar-refractivity contribution in [2.45, 2.75) is 32.4 Å². The highest BCUT2D eigenvalue weighted by Gasteiger charge is 2.13. The van der Waals surface area contributed by atoms with E-state index in [2.05, 4.69) is 24.6 Å². The van der Waals surface area contributed by atoms with Crippen molar-refractivity contribution in [3.8, 4) is 17.5 Å². The van der Waals surface area contributed by atoms with Crippen LogP contribution in [0.3, 0.4) is 0 Å². The number of benzene rings is 1. The Morgan fingerprint density at radius 1 is 1.27 bits per heavy atom. The summed E-state index contributed by atoms with van der Waals surface area (Å²) in [4.78, 5) is 4.26. The average molecular weight is 317 g/mol. The molecular formula is C16H20FN3OSi. The van der Waals surface area contributed by atoms with E-state index in [4.69, 9.17) is 10.00 Å². The van der Waals surface area contributed by atoms with Crippen LogP contribution in [0.1, 0.15) is 5.69 Å². The lowest BCUT2D eigenvalue weighted by molar-refractivity contribution is 0.0882. The number of rotatable bonds is 6. The van der Waals surface area contributed by atoms with Crippen LogP contribution in [0.25, 0.3) is 11.4 Å². The van der Waals surface area contributed by atoms with E-state index in [-0.39, 0.29) is 5.82 Å². The summed E-state index contributed by atoms with van der Waals surface area (Å²) in [5.74, 6) is 0.318. The van der Waals surface area contributed by atoms with Crippen LogP contribution in [0.2, 0.25) is 25.7 Å². The van der Waals surface area contributed by atoms with Gasteiger partial charge in [-0.1, -0.05) is 19.6 Å². The van der Waals surface area contributed by atoms with Crippen molar-refractivity contribution < 1.29 is 9.13 Å². The molecule has 0 amide bonds. The monoisotopic (exact) mass is 317 g/mol. The van der Waals surface area contributed by atoms with E-state index in [0.29, 0.717) is 24.9 Å². The highest BCUT2D eigenvalue weighted by Crippen LogP contribution is 2.19. The molecule has 0 atom stereocenters. The molecule has 2 rings (SSSR count). The van der Waals surface area contributed by atoms with Gasteiger partial charge in [-0.05, 0) is 30.3 Å². The number of halogens is 1. The Labute approximate surface area is 131 Å². The molecule has 0 radical (unpaired) electrons. The molecule has 2 aromatic rings. The Bertz CT molecular complexity index is 668. The fraction of sp³-hybridized carbons (Fsp3) is 0.375. The molecule has 0 bridgehead atoms. The van der Waals surface area contributed by atoms with E-state index in [9.17, 15) is 4.39 Å². The first kappa shape index (κ1) is 16.4. The molecule has 0 fully saturated rings. The molecule has 116 valence electrons. The first-order chi connectivity index (χ1) is 10.4. The molecule has 0 spiro atoms. The Kier molecular flexibility index (Phi) is 5.11. The minimum Gasteiger partial charge on any atom is -0.361 e. The molecular weight excluding hydrogens is 297 g/mol. The van der Waals surface area contributed by atoms with Crippen molar-refractivity contribution >= 4 is 8.07 Å². The lowest BCUT2D eigenvalue weighted by Crippen LogP contribution is -2.22. The fourth-order valence-electron chi connectivity index (χ4n) is 1.94. The second-order valence-corrected chi connectivity index (χ2v) is 12.0. The zero-order chi connectivity index (χ0) is 16.2. The molecule has 1 aromatic heterocycles. The maximum Gasteiger partial charge on any atom is 0.159 e. The number of nitrogens with zero attached hydrogens (tertiary/aromatic N) is 3. The van der Waals surface area contributed by atoms with Gasteiger partial charge in [0.05, 0.1) is 0 Å². The predicted molar refractivity (Wildman–Crippen MR) is 86.4 cm³/mol.